The van der Waals surface area contributed by atoms with Crippen molar-refractivity contribution in [3.63, 3.8) is 0 Å². The van der Waals surface area contributed by atoms with E-state index < -0.39 is 17.6 Å². The van der Waals surface area contributed by atoms with Crippen molar-refractivity contribution in [3.05, 3.63) is 34.9 Å². The molecule has 0 aliphatic carbocycles. The number of carbonyl (C=O) groups is 2. The Hall–Kier alpha value is -1.78. The molecule has 1 N–H and O–H groups in total. The van der Waals surface area contributed by atoms with Gasteiger partial charge in [0.1, 0.15) is 5.78 Å². The monoisotopic (exact) mass is 214 g/mol. The Bertz CT molecular complexity index is 427. The van der Waals surface area contributed by atoms with Gasteiger partial charge in [-0.25, -0.2) is 13.6 Å². The van der Waals surface area contributed by atoms with Crippen molar-refractivity contribution < 1.29 is 23.5 Å². The number of halogens is 2. The van der Waals surface area contributed by atoms with Gasteiger partial charge in [-0.2, -0.15) is 0 Å². The number of ketones is 1. The molecule has 0 bridgehead atoms. The predicted molar refractivity (Wildman–Crippen MR) is 47.7 cm³/mol. The van der Waals surface area contributed by atoms with Gasteiger partial charge in [0, 0.05) is 6.42 Å². The third-order valence-corrected chi connectivity index (χ3v) is 1.82. The molecule has 3 nitrogen and oxygen atoms in total. The van der Waals surface area contributed by atoms with Crippen LogP contribution in [0.2, 0.25) is 0 Å². The molecule has 0 fully saturated rings. The number of rotatable bonds is 3. The number of hydrogen-bond donors (Lipinski definition) is 1. The van der Waals surface area contributed by atoms with E-state index in [1.54, 1.807) is 0 Å². The van der Waals surface area contributed by atoms with Gasteiger partial charge in [0.25, 0.3) is 0 Å². The number of hydrogen-bond acceptors (Lipinski definition) is 2. The highest BCUT2D eigenvalue weighted by Crippen LogP contribution is 2.16. The second kappa shape index (κ2) is 4.16. The van der Waals surface area contributed by atoms with Crippen LogP contribution in [0.4, 0.5) is 8.78 Å². The highest BCUT2D eigenvalue weighted by Gasteiger charge is 2.15. The van der Waals surface area contributed by atoms with Gasteiger partial charge in [-0.05, 0) is 24.6 Å². The molecule has 0 amide bonds. The minimum Gasteiger partial charge on any atom is -0.478 e. The third kappa shape index (κ3) is 2.59. The van der Waals surface area contributed by atoms with Crippen LogP contribution < -0.4 is 0 Å². The summed E-state index contributed by atoms with van der Waals surface area (Å²) in [5.41, 5.74) is -0.405. The van der Waals surface area contributed by atoms with Gasteiger partial charge in [0.05, 0.1) is 5.56 Å². The molecule has 0 saturated carbocycles. The molecule has 5 heteroatoms. The Balaban J connectivity index is 3.28. The Morgan fingerprint density at radius 3 is 2.27 bits per heavy atom. The number of Topliss-reactive ketones (excluding diaryl/α,β-unsaturated/α-hetero) is 1. The van der Waals surface area contributed by atoms with Gasteiger partial charge in [-0.15, -0.1) is 0 Å². The summed E-state index contributed by atoms with van der Waals surface area (Å²) >= 11 is 0. The largest absolute Gasteiger partial charge is 0.478 e. The standard InChI is InChI=1S/C10H8F2O3/c1-5(13)2-6-3-8(11)9(12)4-7(6)10(14)15/h3-4H,2H2,1H3,(H,14,15). The molecule has 15 heavy (non-hydrogen) atoms. The Morgan fingerprint density at radius 1 is 1.27 bits per heavy atom. The van der Waals surface area contributed by atoms with Gasteiger partial charge < -0.3 is 5.11 Å². The second-order valence-electron chi connectivity index (χ2n) is 3.11. The molecule has 0 heterocycles. The summed E-state index contributed by atoms with van der Waals surface area (Å²) in [5, 5.41) is 8.69. The van der Waals surface area contributed by atoms with Crippen LogP contribution >= 0.6 is 0 Å². The van der Waals surface area contributed by atoms with Crippen LogP contribution in [0.15, 0.2) is 12.1 Å². The lowest BCUT2D eigenvalue weighted by molar-refractivity contribution is -0.116. The lowest BCUT2D eigenvalue weighted by atomic mass is 10.0. The Kier molecular flexibility index (Phi) is 3.14. The van der Waals surface area contributed by atoms with Crippen molar-refractivity contribution in [2.24, 2.45) is 0 Å². The highest BCUT2D eigenvalue weighted by molar-refractivity contribution is 5.91. The summed E-state index contributed by atoms with van der Waals surface area (Å²) in [5.74, 6) is -4.09. The van der Waals surface area contributed by atoms with Crippen molar-refractivity contribution in [1.29, 1.82) is 0 Å². The van der Waals surface area contributed by atoms with E-state index in [4.69, 9.17) is 5.11 Å². The fourth-order valence-electron chi connectivity index (χ4n) is 1.20. The number of benzene rings is 1. The van der Waals surface area contributed by atoms with Crippen LogP contribution in [0.5, 0.6) is 0 Å². The van der Waals surface area contributed by atoms with Crippen LogP contribution in [0.1, 0.15) is 22.8 Å². The van der Waals surface area contributed by atoms with E-state index in [0.29, 0.717) is 6.07 Å². The topological polar surface area (TPSA) is 54.4 Å². The second-order valence-corrected chi connectivity index (χ2v) is 3.11. The number of carboxylic acid groups (broad SMARTS) is 1. The Morgan fingerprint density at radius 2 is 1.80 bits per heavy atom. The van der Waals surface area contributed by atoms with E-state index in [9.17, 15) is 18.4 Å². The number of carbonyl (C=O) groups excluding carboxylic acids is 1. The third-order valence-electron chi connectivity index (χ3n) is 1.82. The van der Waals surface area contributed by atoms with E-state index in [2.05, 4.69) is 0 Å². The first-order valence-electron chi connectivity index (χ1n) is 4.12. The van der Waals surface area contributed by atoms with Gasteiger partial charge in [-0.1, -0.05) is 0 Å². The van der Waals surface area contributed by atoms with Crippen LogP contribution in [0.3, 0.4) is 0 Å². The lowest BCUT2D eigenvalue weighted by Gasteiger charge is -2.04. The van der Waals surface area contributed by atoms with Crippen molar-refractivity contribution in [2.45, 2.75) is 13.3 Å². The average Bonchev–Trinajstić information content (AvgIpc) is 2.09. The molecular weight excluding hydrogens is 206 g/mol. The lowest BCUT2D eigenvalue weighted by Crippen LogP contribution is -2.08. The molecule has 0 spiro atoms. The first-order valence-corrected chi connectivity index (χ1v) is 4.12. The van der Waals surface area contributed by atoms with Crippen molar-refractivity contribution >= 4 is 11.8 Å². The molecule has 1 aromatic carbocycles. The van der Waals surface area contributed by atoms with Crippen LogP contribution in [0.25, 0.3) is 0 Å². The zero-order chi connectivity index (χ0) is 11.6. The van der Waals surface area contributed by atoms with E-state index >= 15 is 0 Å². The maximum atomic E-state index is 12.8. The zero-order valence-corrected chi connectivity index (χ0v) is 7.88. The first kappa shape index (κ1) is 11.3. The number of aromatic carboxylic acids is 1. The summed E-state index contributed by atoms with van der Waals surface area (Å²) < 4.78 is 25.5. The molecule has 1 aromatic rings. The maximum Gasteiger partial charge on any atom is 0.336 e. The molecule has 0 unspecified atom stereocenters. The fourth-order valence-corrected chi connectivity index (χ4v) is 1.20. The van der Waals surface area contributed by atoms with E-state index in [0.717, 1.165) is 6.07 Å². The summed E-state index contributed by atoms with van der Waals surface area (Å²) in [6, 6.07) is 1.32. The van der Waals surface area contributed by atoms with E-state index in [-0.39, 0.29) is 23.3 Å². The maximum absolute atomic E-state index is 12.8. The summed E-state index contributed by atoms with van der Waals surface area (Å²) in [4.78, 5) is 21.4. The number of carboxylic acids is 1. The summed E-state index contributed by atoms with van der Waals surface area (Å²) in [6.07, 6.45) is -0.223. The first-order chi connectivity index (χ1) is 6.91. The van der Waals surface area contributed by atoms with E-state index in [1.165, 1.54) is 6.92 Å². The fraction of sp³-hybridized carbons (Fsp3) is 0.200. The molecule has 0 aliphatic rings. The molecule has 1 rings (SSSR count). The molecule has 0 radical (unpaired) electrons. The van der Waals surface area contributed by atoms with Crippen LogP contribution in [-0.2, 0) is 11.2 Å². The van der Waals surface area contributed by atoms with Crippen molar-refractivity contribution in [1.82, 2.24) is 0 Å². The van der Waals surface area contributed by atoms with Crippen LogP contribution in [0, 0.1) is 11.6 Å². The summed E-state index contributed by atoms with van der Waals surface area (Å²) in [7, 11) is 0. The van der Waals surface area contributed by atoms with Crippen LogP contribution in [-0.4, -0.2) is 16.9 Å². The van der Waals surface area contributed by atoms with Gasteiger partial charge in [0.2, 0.25) is 0 Å². The highest BCUT2D eigenvalue weighted by atomic mass is 19.2. The Labute approximate surface area is 84.3 Å². The molecule has 0 aliphatic heterocycles. The smallest absolute Gasteiger partial charge is 0.336 e. The molecule has 0 atom stereocenters. The molecule has 80 valence electrons. The minimum atomic E-state index is -1.38. The van der Waals surface area contributed by atoms with Crippen molar-refractivity contribution in [3.8, 4) is 0 Å². The molecular formula is C10H8F2O3. The minimum absolute atomic E-state index is 0.0195. The van der Waals surface area contributed by atoms with Gasteiger partial charge >= 0.3 is 5.97 Å². The zero-order valence-electron chi connectivity index (χ0n) is 7.88. The van der Waals surface area contributed by atoms with Crippen molar-refractivity contribution in [2.75, 3.05) is 0 Å². The van der Waals surface area contributed by atoms with Gasteiger partial charge in [-0.3, -0.25) is 4.79 Å². The molecule has 0 saturated heterocycles. The summed E-state index contributed by atoms with van der Waals surface area (Å²) in [6.45, 7) is 1.24. The SMILES string of the molecule is CC(=O)Cc1cc(F)c(F)cc1C(=O)O. The van der Waals surface area contributed by atoms with Gasteiger partial charge in [0.15, 0.2) is 11.6 Å². The average molecular weight is 214 g/mol. The normalized spacial score (nSPS) is 10.1. The quantitative estimate of drug-likeness (QED) is 0.834. The molecule has 0 aromatic heterocycles. The van der Waals surface area contributed by atoms with E-state index in [1.807, 2.05) is 0 Å². The predicted octanol–water partition coefficient (Wildman–Crippen LogP) is 1.79.